The molecule has 0 spiro atoms. The molecular weight excluding hydrogens is 358 g/mol. The lowest BCUT2D eigenvalue weighted by Gasteiger charge is -2.27. The van der Waals surface area contributed by atoms with E-state index in [2.05, 4.69) is 16.3 Å². The summed E-state index contributed by atoms with van der Waals surface area (Å²) in [4.78, 5) is 10.7. The highest BCUT2D eigenvalue weighted by Gasteiger charge is 2.38. The van der Waals surface area contributed by atoms with Gasteiger partial charge in [0.05, 0.1) is 16.4 Å². The van der Waals surface area contributed by atoms with E-state index in [-0.39, 0.29) is 33.5 Å². The number of nitrogens with zero attached hydrogens (tertiary/aromatic N) is 3. The van der Waals surface area contributed by atoms with Crippen molar-refractivity contribution < 1.29 is 9.66 Å². The molecule has 1 aromatic heterocycles. The summed E-state index contributed by atoms with van der Waals surface area (Å²) in [6.07, 6.45) is 0. The minimum absolute atomic E-state index is 0.0183. The quantitative estimate of drug-likeness (QED) is 0.611. The molecule has 0 bridgehead atoms. The lowest BCUT2D eigenvalue weighted by molar-refractivity contribution is -0.384. The van der Waals surface area contributed by atoms with Gasteiger partial charge in [-0.25, -0.2) is 0 Å². The first-order valence-electron chi connectivity index (χ1n) is 7.75. The van der Waals surface area contributed by atoms with Gasteiger partial charge in [0.2, 0.25) is 11.8 Å². The highest BCUT2D eigenvalue weighted by Crippen LogP contribution is 2.46. The number of rotatable bonds is 2. The Hall–Kier alpha value is -3.05. The zero-order valence-electron chi connectivity index (χ0n) is 14.3. The molecule has 3 N–H and O–H groups in total. The van der Waals surface area contributed by atoms with Crippen LogP contribution in [0, 0.1) is 21.4 Å². The van der Waals surface area contributed by atoms with Gasteiger partial charge >= 0.3 is 0 Å². The summed E-state index contributed by atoms with van der Waals surface area (Å²) in [6.45, 7) is 5.95. The number of hydrogen-bond donors (Lipinski definition) is 2. The largest absolute Gasteiger partial charge is 0.420 e. The molecule has 1 aliphatic rings. The van der Waals surface area contributed by atoms with Crippen LogP contribution in [0.2, 0.25) is 5.02 Å². The first kappa shape index (κ1) is 17.8. The average molecular weight is 374 g/mol. The average Bonchev–Trinajstić information content (AvgIpc) is 2.97. The Morgan fingerprint density at radius 2 is 2.15 bits per heavy atom. The van der Waals surface area contributed by atoms with Gasteiger partial charge in [-0.15, -0.1) is 5.10 Å². The molecule has 2 heterocycles. The Bertz CT molecular complexity index is 981. The molecule has 9 heteroatoms. The molecule has 1 unspecified atom stereocenters. The summed E-state index contributed by atoms with van der Waals surface area (Å²) < 4.78 is 5.50. The van der Waals surface area contributed by atoms with Gasteiger partial charge in [0.15, 0.2) is 0 Å². The first-order valence-corrected chi connectivity index (χ1v) is 8.13. The van der Waals surface area contributed by atoms with Crippen molar-refractivity contribution in [1.29, 1.82) is 5.26 Å². The van der Waals surface area contributed by atoms with Crippen LogP contribution in [0.1, 0.15) is 43.5 Å². The Balaban J connectivity index is 2.30. The van der Waals surface area contributed by atoms with Gasteiger partial charge < -0.3 is 10.5 Å². The molecule has 0 radical (unpaired) electrons. The third-order valence-electron chi connectivity index (χ3n) is 4.19. The second-order valence-electron chi connectivity index (χ2n) is 6.96. The number of H-pyrrole nitrogens is 1. The Labute approximate surface area is 154 Å². The van der Waals surface area contributed by atoms with Gasteiger partial charge in [-0.2, -0.15) is 5.26 Å². The van der Waals surface area contributed by atoms with Crippen LogP contribution in [-0.4, -0.2) is 15.1 Å². The lowest BCUT2D eigenvalue weighted by Crippen LogP contribution is -2.24. The zero-order chi connectivity index (χ0) is 19.2. The van der Waals surface area contributed by atoms with Crippen molar-refractivity contribution >= 4 is 17.3 Å². The van der Waals surface area contributed by atoms with E-state index in [1.165, 1.54) is 12.1 Å². The molecule has 0 aliphatic carbocycles. The van der Waals surface area contributed by atoms with E-state index < -0.39 is 10.8 Å². The van der Waals surface area contributed by atoms with Crippen LogP contribution in [0.3, 0.4) is 0 Å². The third-order valence-corrected chi connectivity index (χ3v) is 4.51. The van der Waals surface area contributed by atoms with Crippen LogP contribution < -0.4 is 10.5 Å². The molecule has 0 saturated carbocycles. The van der Waals surface area contributed by atoms with Crippen molar-refractivity contribution in [1.82, 2.24) is 10.2 Å². The molecule has 134 valence electrons. The highest BCUT2D eigenvalue weighted by atomic mass is 35.5. The van der Waals surface area contributed by atoms with E-state index >= 15 is 0 Å². The highest BCUT2D eigenvalue weighted by molar-refractivity contribution is 6.32. The number of benzene rings is 1. The second kappa shape index (κ2) is 6.04. The van der Waals surface area contributed by atoms with Gasteiger partial charge in [0.25, 0.3) is 5.69 Å². The van der Waals surface area contributed by atoms with Gasteiger partial charge in [0.1, 0.15) is 16.7 Å². The van der Waals surface area contributed by atoms with Crippen LogP contribution in [0.15, 0.2) is 29.7 Å². The predicted octanol–water partition coefficient (Wildman–Crippen LogP) is 3.49. The zero-order valence-corrected chi connectivity index (χ0v) is 15.1. The van der Waals surface area contributed by atoms with Crippen molar-refractivity contribution in [2.45, 2.75) is 32.1 Å². The van der Waals surface area contributed by atoms with E-state index in [9.17, 15) is 15.4 Å². The molecule has 0 fully saturated rings. The number of aromatic amines is 1. The molecule has 1 atom stereocenters. The number of aromatic nitrogens is 2. The van der Waals surface area contributed by atoms with Crippen LogP contribution in [0.4, 0.5) is 5.69 Å². The Morgan fingerprint density at radius 3 is 2.73 bits per heavy atom. The fourth-order valence-corrected chi connectivity index (χ4v) is 3.19. The van der Waals surface area contributed by atoms with Crippen molar-refractivity contribution in [3.05, 3.63) is 61.6 Å². The van der Waals surface area contributed by atoms with Crippen molar-refractivity contribution in [3.63, 3.8) is 0 Å². The van der Waals surface area contributed by atoms with Crippen LogP contribution in [0.25, 0.3) is 0 Å². The van der Waals surface area contributed by atoms with E-state index in [1.807, 2.05) is 20.8 Å². The number of nitro benzene ring substituents is 1. The number of fused-ring (bicyclic) bond motifs is 1. The number of allylic oxidation sites excluding steroid dienone is 1. The summed E-state index contributed by atoms with van der Waals surface area (Å²) in [6, 6.07) is 6.49. The van der Waals surface area contributed by atoms with Gasteiger partial charge in [0, 0.05) is 17.2 Å². The molecule has 0 saturated heterocycles. The van der Waals surface area contributed by atoms with E-state index in [4.69, 9.17) is 22.1 Å². The summed E-state index contributed by atoms with van der Waals surface area (Å²) in [5, 5.41) is 28.0. The molecule has 8 nitrogen and oxygen atoms in total. The minimum atomic E-state index is -0.646. The number of nitriles is 1. The maximum absolute atomic E-state index is 11.3. The number of hydrogen-bond acceptors (Lipinski definition) is 6. The standard InChI is InChI=1S/C17H16ClN5O3/c1-17(2,3)14-13-12(8-4-5-10(18)11(6-8)23(24)25)9(7-19)15(20)26-16(13)22-21-14/h4-6,12H,20H2,1-3H3,(H,21,22). The van der Waals surface area contributed by atoms with Gasteiger partial charge in [-0.1, -0.05) is 38.4 Å². The summed E-state index contributed by atoms with van der Waals surface area (Å²) in [7, 11) is 0. The lowest BCUT2D eigenvalue weighted by atomic mass is 9.79. The maximum atomic E-state index is 11.3. The van der Waals surface area contributed by atoms with E-state index in [0.29, 0.717) is 11.1 Å². The number of ether oxygens (including phenoxy) is 1. The topological polar surface area (TPSA) is 131 Å². The number of nitrogens with two attached hydrogens (primary N) is 1. The maximum Gasteiger partial charge on any atom is 0.288 e. The van der Waals surface area contributed by atoms with Gasteiger partial charge in [-0.3, -0.25) is 15.2 Å². The van der Waals surface area contributed by atoms with Gasteiger partial charge in [-0.05, 0) is 11.6 Å². The molecule has 1 aliphatic heterocycles. The molecular formula is C17H16ClN5O3. The predicted molar refractivity (Wildman–Crippen MR) is 94.7 cm³/mol. The monoisotopic (exact) mass is 373 g/mol. The smallest absolute Gasteiger partial charge is 0.288 e. The molecule has 0 amide bonds. The Morgan fingerprint density at radius 1 is 1.46 bits per heavy atom. The number of nitro groups is 1. The fourth-order valence-electron chi connectivity index (χ4n) is 3.00. The van der Waals surface area contributed by atoms with Crippen molar-refractivity contribution in [2.75, 3.05) is 0 Å². The summed E-state index contributed by atoms with van der Waals surface area (Å²) >= 11 is 5.93. The normalized spacial score (nSPS) is 16.7. The van der Waals surface area contributed by atoms with Crippen LogP contribution >= 0.6 is 11.6 Å². The summed E-state index contributed by atoms with van der Waals surface area (Å²) in [5.41, 5.74) is 7.41. The molecule has 3 rings (SSSR count). The van der Waals surface area contributed by atoms with Crippen molar-refractivity contribution in [2.24, 2.45) is 5.73 Å². The molecule has 2 aromatic rings. The summed E-state index contributed by atoms with van der Waals surface area (Å²) in [5.74, 6) is -0.462. The van der Waals surface area contributed by atoms with Crippen LogP contribution in [-0.2, 0) is 5.41 Å². The van der Waals surface area contributed by atoms with E-state index in [1.54, 1.807) is 6.07 Å². The molecule has 1 aromatic carbocycles. The van der Waals surface area contributed by atoms with E-state index in [0.717, 1.165) is 5.69 Å². The Kier molecular flexibility index (Phi) is 4.12. The first-order chi connectivity index (χ1) is 12.1. The number of nitrogens with one attached hydrogen (secondary N) is 1. The molecule has 26 heavy (non-hydrogen) atoms. The minimum Gasteiger partial charge on any atom is -0.420 e. The van der Waals surface area contributed by atoms with Crippen LogP contribution in [0.5, 0.6) is 5.88 Å². The number of halogens is 1. The SMILES string of the molecule is CC(C)(C)c1[nH]nc2c1C(c1ccc(Cl)c([N+](=O)[O-])c1)C(C#N)=C(N)O2. The third kappa shape index (κ3) is 2.76. The van der Waals surface area contributed by atoms with Crippen molar-refractivity contribution in [3.8, 4) is 11.9 Å². The second-order valence-corrected chi connectivity index (χ2v) is 7.37. The fraction of sp³-hybridized carbons (Fsp3) is 0.294.